The number of benzene rings is 1. The van der Waals surface area contributed by atoms with Crippen molar-refractivity contribution in [2.24, 2.45) is 0 Å². The Labute approximate surface area is 156 Å². The van der Waals surface area contributed by atoms with Gasteiger partial charge in [0.05, 0.1) is 4.88 Å². The van der Waals surface area contributed by atoms with Crippen molar-refractivity contribution in [3.63, 3.8) is 0 Å². The summed E-state index contributed by atoms with van der Waals surface area (Å²) in [5.41, 5.74) is 1.06. The van der Waals surface area contributed by atoms with Gasteiger partial charge in [-0.15, -0.1) is 11.3 Å². The van der Waals surface area contributed by atoms with Crippen LogP contribution in [-0.2, 0) is 0 Å². The molecule has 2 bridgehead atoms. The molecule has 0 spiro atoms. The molecule has 3 aliphatic rings. The Morgan fingerprint density at radius 1 is 1.04 bits per heavy atom. The molecule has 5 rings (SSSR count). The summed E-state index contributed by atoms with van der Waals surface area (Å²) < 4.78 is 11.3. The van der Waals surface area contributed by atoms with E-state index in [9.17, 15) is 4.79 Å². The van der Waals surface area contributed by atoms with Crippen LogP contribution in [0.25, 0.3) is 10.4 Å². The average molecular weight is 370 g/mol. The molecule has 4 heterocycles. The minimum Gasteiger partial charge on any atom is -0.486 e. The summed E-state index contributed by atoms with van der Waals surface area (Å²) >= 11 is 1.56. The van der Waals surface area contributed by atoms with E-state index < -0.39 is 0 Å². The first-order chi connectivity index (χ1) is 12.8. The summed E-state index contributed by atoms with van der Waals surface area (Å²) in [7, 11) is 0. The molecule has 2 saturated heterocycles. The van der Waals surface area contributed by atoms with Crippen molar-refractivity contribution in [1.82, 2.24) is 10.2 Å². The van der Waals surface area contributed by atoms with Crippen LogP contribution in [0.2, 0.25) is 0 Å². The molecule has 2 fully saturated rings. The standard InChI is InChI=1S/C20H22N2O3S/c23-20(22-8-7-14-2-3-15(12-22)21-14)19-6-5-18(26-19)13-1-4-16-17(11-13)25-10-9-24-16/h1,4-6,11,14-15,21H,2-3,7-10,12H2. The molecule has 1 amide bonds. The van der Waals surface area contributed by atoms with Gasteiger partial charge in [-0.05, 0) is 55.2 Å². The zero-order valence-corrected chi connectivity index (χ0v) is 15.4. The SMILES string of the molecule is O=C(c1ccc(-c2ccc3c(c2)OCCO3)s1)N1CCC2CCC(C1)N2. The lowest BCUT2D eigenvalue weighted by molar-refractivity contribution is 0.0753. The number of fused-ring (bicyclic) bond motifs is 3. The summed E-state index contributed by atoms with van der Waals surface area (Å²) in [5, 5.41) is 3.63. The summed E-state index contributed by atoms with van der Waals surface area (Å²) in [5.74, 6) is 1.73. The second-order valence-electron chi connectivity index (χ2n) is 7.20. The number of hydrogen-bond acceptors (Lipinski definition) is 5. The lowest BCUT2D eigenvalue weighted by Gasteiger charge is -2.23. The van der Waals surface area contributed by atoms with Crippen LogP contribution in [0.1, 0.15) is 28.9 Å². The van der Waals surface area contributed by atoms with Gasteiger partial charge in [-0.25, -0.2) is 0 Å². The van der Waals surface area contributed by atoms with Crippen molar-refractivity contribution < 1.29 is 14.3 Å². The van der Waals surface area contributed by atoms with E-state index in [1.54, 1.807) is 11.3 Å². The number of likely N-dealkylation sites (tertiary alicyclic amines) is 1. The quantitative estimate of drug-likeness (QED) is 0.882. The van der Waals surface area contributed by atoms with E-state index in [0.717, 1.165) is 46.3 Å². The highest BCUT2D eigenvalue weighted by molar-refractivity contribution is 7.17. The van der Waals surface area contributed by atoms with Crippen molar-refractivity contribution in [2.45, 2.75) is 31.3 Å². The molecule has 26 heavy (non-hydrogen) atoms. The van der Waals surface area contributed by atoms with E-state index in [4.69, 9.17) is 9.47 Å². The molecule has 2 aromatic rings. The van der Waals surface area contributed by atoms with E-state index >= 15 is 0 Å². The largest absolute Gasteiger partial charge is 0.486 e. The van der Waals surface area contributed by atoms with Gasteiger partial charge in [-0.2, -0.15) is 0 Å². The molecule has 6 heteroatoms. The highest BCUT2D eigenvalue weighted by Gasteiger charge is 2.31. The van der Waals surface area contributed by atoms with Crippen LogP contribution in [0.5, 0.6) is 11.5 Å². The summed E-state index contributed by atoms with van der Waals surface area (Å²) in [4.78, 5) is 16.9. The van der Waals surface area contributed by atoms with Crippen LogP contribution in [0.4, 0.5) is 0 Å². The van der Waals surface area contributed by atoms with Crippen molar-refractivity contribution in [2.75, 3.05) is 26.3 Å². The first kappa shape index (κ1) is 16.1. The van der Waals surface area contributed by atoms with Crippen LogP contribution >= 0.6 is 11.3 Å². The molecule has 136 valence electrons. The minimum absolute atomic E-state index is 0.160. The Balaban J connectivity index is 1.35. The van der Waals surface area contributed by atoms with Crippen molar-refractivity contribution in [3.8, 4) is 21.9 Å². The van der Waals surface area contributed by atoms with Gasteiger partial charge in [0, 0.05) is 30.1 Å². The molecule has 1 aromatic heterocycles. The van der Waals surface area contributed by atoms with Crippen molar-refractivity contribution in [1.29, 1.82) is 0 Å². The third-order valence-electron chi connectivity index (χ3n) is 5.45. The molecule has 0 saturated carbocycles. The van der Waals surface area contributed by atoms with E-state index in [-0.39, 0.29) is 5.91 Å². The van der Waals surface area contributed by atoms with E-state index in [0.29, 0.717) is 25.3 Å². The van der Waals surface area contributed by atoms with Crippen LogP contribution < -0.4 is 14.8 Å². The van der Waals surface area contributed by atoms with Gasteiger partial charge in [0.15, 0.2) is 11.5 Å². The number of carbonyl (C=O) groups excluding carboxylic acids is 1. The van der Waals surface area contributed by atoms with Gasteiger partial charge >= 0.3 is 0 Å². The fraction of sp³-hybridized carbons (Fsp3) is 0.450. The first-order valence-corrected chi connectivity index (χ1v) is 10.1. The maximum absolute atomic E-state index is 13.0. The number of hydrogen-bond donors (Lipinski definition) is 1. The molecule has 0 radical (unpaired) electrons. The molecule has 3 aliphatic heterocycles. The number of ether oxygens (including phenoxy) is 2. The summed E-state index contributed by atoms with van der Waals surface area (Å²) in [6, 6.07) is 11.0. The third-order valence-corrected chi connectivity index (χ3v) is 6.58. The van der Waals surface area contributed by atoms with Crippen LogP contribution in [-0.4, -0.2) is 49.2 Å². The smallest absolute Gasteiger partial charge is 0.263 e. The molecule has 2 unspecified atom stereocenters. The van der Waals surface area contributed by atoms with Crippen LogP contribution in [0.3, 0.4) is 0 Å². The first-order valence-electron chi connectivity index (χ1n) is 9.31. The number of thiophene rings is 1. The number of amides is 1. The Kier molecular flexibility index (Phi) is 4.10. The molecular weight excluding hydrogens is 348 g/mol. The van der Waals surface area contributed by atoms with Gasteiger partial charge < -0.3 is 19.7 Å². The molecule has 2 atom stereocenters. The van der Waals surface area contributed by atoms with Gasteiger partial charge in [0.2, 0.25) is 0 Å². The molecule has 5 nitrogen and oxygen atoms in total. The highest BCUT2D eigenvalue weighted by Crippen LogP contribution is 2.37. The summed E-state index contributed by atoms with van der Waals surface area (Å²) in [6.45, 7) is 2.85. The Morgan fingerprint density at radius 2 is 1.88 bits per heavy atom. The number of nitrogens with one attached hydrogen (secondary N) is 1. The Hall–Kier alpha value is -2.05. The number of carbonyl (C=O) groups is 1. The maximum atomic E-state index is 13.0. The number of nitrogens with zero attached hydrogens (tertiary/aromatic N) is 1. The second-order valence-corrected chi connectivity index (χ2v) is 8.28. The van der Waals surface area contributed by atoms with Gasteiger partial charge in [-0.1, -0.05) is 0 Å². The fourth-order valence-corrected chi connectivity index (χ4v) is 5.06. The lowest BCUT2D eigenvalue weighted by Crippen LogP contribution is -2.38. The normalized spacial score (nSPS) is 24.4. The van der Waals surface area contributed by atoms with E-state index in [1.165, 1.54) is 12.8 Å². The molecule has 1 N–H and O–H groups in total. The Morgan fingerprint density at radius 3 is 2.81 bits per heavy atom. The van der Waals surface area contributed by atoms with Gasteiger partial charge in [0.25, 0.3) is 5.91 Å². The lowest BCUT2D eigenvalue weighted by atomic mass is 10.1. The monoisotopic (exact) mass is 370 g/mol. The minimum atomic E-state index is 0.160. The zero-order chi connectivity index (χ0) is 17.5. The molecular formula is C20H22N2O3S. The van der Waals surface area contributed by atoms with Gasteiger partial charge in [0.1, 0.15) is 13.2 Å². The van der Waals surface area contributed by atoms with E-state index in [1.807, 2.05) is 35.2 Å². The maximum Gasteiger partial charge on any atom is 0.263 e. The predicted octanol–water partition coefficient (Wildman–Crippen LogP) is 3.15. The number of rotatable bonds is 2. The van der Waals surface area contributed by atoms with E-state index in [2.05, 4.69) is 5.32 Å². The van der Waals surface area contributed by atoms with Crippen LogP contribution in [0, 0.1) is 0 Å². The topological polar surface area (TPSA) is 50.8 Å². The third kappa shape index (κ3) is 2.97. The zero-order valence-electron chi connectivity index (χ0n) is 14.6. The van der Waals surface area contributed by atoms with Crippen molar-refractivity contribution in [3.05, 3.63) is 35.2 Å². The van der Waals surface area contributed by atoms with Gasteiger partial charge in [-0.3, -0.25) is 4.79 Å². The average Bonchev–Trinajstić information content (AvgIpc) is 3.27. The molecule has 1 aromatic carbocycles. The van der Waals surface area contributed by atoms with Crippen molar-refractivity contribution >= 4 is 17.2 Å². The fourth-order valence-electron chi connectivity index (χ4n) is 4.09. The molecule has 0 aliphatic carbocycles. The van der Waals surface area contributed by atoms with Crippen LogP contribution in [0.15, 0.2) is 30.3 Å². The second kappa shape index (κ2) is 6.59. The Bertz CT molecular complexity index is 834. The summed E-state index contributed by atoms with van der Waals surface area (Å²) in [6.07, 6.45) is 3.49. The highest BCUT2D eigenvalue weighted by atomic mass is 32.1. The predicted molar refractivity (Wildman–Crippen MR) is 101 cm³/mol.